The lowest BCUT2D eigenvalue weighted by molar-refractivity contribution is -0.136. The van der Waals surface area contributed by atoms with E-state index in [2.05, 4.69) is 5.32 Å². The van der Waals surface area contributed by atoms with Crippen LogP contribution in [-0.2, 0) is 16.0 Å². The molecule has 0 radical (unpaired) electrons. The summed E-state index contributed by atoms with van der Waals surface area (Å²) < 4.78 is 5.18. The van der Waals surface area contributed by atoms with Gasteiger partial charge in [-0.1, -0.05) is 24.3 Å². The van der Waals surface area contributed by atoms with Crippen LogP contribution in [-0.4, -0.2) is 25.5 Å². The highest BCUT2D eigenvalue weighted by Crippen LogP contribution is 2.32. The molecule has 1 aliphatic heterocycles. The first-order chi connectivity index (χ1) is 12.4. The fraction of sp³-hybridized carbons (Fsp3) is 0.333. The third-order valence-electron chi connectivity index (χ3n) is 4.79. The molecule has 0 fully saturated rings. The number of hydrogen-bond donors (Lipinski definition) is 1. The summed E-state index contributed by atoms with van der Waals surface area (Å²) in [5.74, 6) is 0.126. The zero-order valence-electron chi connectivity index (χ0n) is 15.4. The summed E-state index contributed by atoms with van der Waals surface area (Å²) in [5, 5.41) is 2.83. The molecule has 0 saturated heterocycles. The van der Waals surface area contributed by atoms with Gasteiger partial charge in [0.15, 0.2) is 0 Å². The number of ether oxygens (including phenoxy) is 1. The van der Waals surface area contributed by atoms with E-state index < -0.39 is 5.41 Å². The maximum Gasteiger partial charge on any atom is 0.242 e. The van der Waals surface area contributed by atoms with Crippen molar-refractivity contribution in [2.24, 2.45) is 5.41 Å². The molecule has 2 amide bonds. The first kappa shape index (κ1) is 18.0. The van der Waals surface area contributed by atoms with Crippen LogP contribution in [0.4, 0.5) is 11.4 Å². The van der Waals surface area contributed by atoms with E-state index in [1.54, 1.807) is 50.1 Å². The van der Waals surface area contributed by atoms with Crippen molar-refractivity contribution in [1.82, 2.24) is 0 Å². The lowest BCUT2D eigenvalue weighted by Crippen LogP contribution is -2.49. The molecule has 3 rings (SSSR count). The van der Waals surface area contributed by atoms with Crippen LogP contribution >= 0.6 is 0 Å². The van der Waals surface area contributed by atoms with Gasteiger partial charge in [-0.15, -0.1) is 0 Å². The van der Waals surface area contributed by atoms with E-state index in [0.29, 0.717) is 18.0 Å². The predicted molar refractivity (Wildman–Crippen MR) is 103 cm³/mol. The van der Waals surface area contributed by atoms with E-state index in [-0.39, 0.29) is 11.8 Å². The number of hydrogen-bond acceptors (Lipinski definition) is 3. The summed E-state index contributed by atoms with van der Waals surface area (Å²) in [6.07, 6.45) is 1.85. The quantitative estimate of drug-likeness (QED) is 0.855. The molecular formula is C21H24N2O3. The topological polar surface area (TPSA) is 58.6 Å². The average Bonchev–Trinajstić information content (AvgIpc) is 2.67. The van der Waals surface area contributed by atoms with E-state index >= 15 is 0 Å². The minimum Gasteiger partial charge on any atom is -0.497 e. The van der Waals surface area contributed by atoms with Crippen LogP contribution in [0.15, 0.2) is 48.5 Å². The van der Waals surface area contributed by atoms with Crippen molar-refractivity contribution < 1.29 is 14.3 Å². The normalized spacial score (nSPS) is 13.7. The van der Waals surface area contributed by atoms with Crippen molar-refractivity contribution >= 4 is 23.2 Å². The number of carbonyl (C=O) groups is 2. The molecule has 0 aromatic heterocycles. The third-order valence-corrected chi connectivity index (χ3v) is 4.79. The van der Waals surface area contributed by atoms with Crippen molar-refractivity contribution in [1.29, 1.82) is 0 Å². The van der Waals surface area contributed by atoms with Crippen LogP contribution in [0.3, 0.4) is 0 Å². The summed E-state index contributed by atoms with van der Waals surface area (Å²) in [4.78, 5) is 27.7. The number of benzene rings is 2. The first-order valence-corrected chi connectivity index (χ1v) is 8.79. The molecule has 1 heterocycles. The maximum atomic E-state index is 13.2. The van der Waals surface area contributed by atoms with Gasteiger partial charge in [0.2, 0.25) is 11.8 Å². The second-order valence-corrected chi connectivity index (χ2v) is 7.00. The summed E-state index contributed by atoms with van der Waals surface area (Å²) in [6, 6.07) is 15.0. The van der Waals surface area contributed by atoms with Gasteiger partial charge in [0, 0.05) is 24.0 Å². The number of carbonyl (C=O) groups excluding carboxylic acids is 2. The Morgan fingerprint density at radius 3 is 2.65 bits per heavy atom. The number of nitrogens with one attached hydrogen (secondary N) is 1. The van der Waals surface area contributed by atoms with Crippen LogP contribution < -0.4 is 15.0 Å². The van der Waals surface area contributed by atoms with Crippen molar-refractivity contribution in [3.05, 3.63) is 54.1 Å². The van der Waals surface area contributed by atoms with Crippen LogP contribution in [0, 0.1) is 5.41 Å². The molecule has 2 aromatic rings. The van der Waals surface area contributed by atoms with E-state index in [0.717, 1.165) is 24.1 Å². The summed E-state index contributed by atoms with van der Waals surface area (Å²) in [6.45, 7) is 3.97. The van der Waals surface area contributed by atoms with Crippen LogP contribution in [0.2, 0.25) is 0 Å². The molecule has 0 saturated carbocycles. The first-order valence-electron chi connectivity index (χ1n) is 8.79. The second-order valence-electron chi connectivity index (χ2n) is 7.00. The number of anilines is 2. The maximum absolute atomic E-state index is 13.2. The molecule has 0 unspecified atom stereocenters. The van der Waals surface area contributed by atoms with Gasteiger partial charge in [0.05, 0.1) is 7.11 Å². The number of para-hydroxylation sites is 1. The Kier molecular flexibility index (Phi) is 4.98. The molecule has 136 valence electrons. The standard InChI is InChI=1S/C21H24N2O3/c1-21(2,19(24)22-16-10-6-11-17(14-16)26-3)20(25)23-13-7-9-15-8-4-5-12-18(15)23/h4-6,8,10-12,14H,7,9,13H2,1-3H3,(H,22,24). The zero-order valence-corrected chi connectivity index (χ0v) is 15.4. The highest BCUT2D eigenvalue weighted by Gasteiger charge is 2.40. The molecule has 5 heteroatoms. The Morgan fingerprint density at radius 2 is 1.88 bits per heavy atom. The van der Waals surface area contributed by atoms with Gasteiger partial charge in [-0.2, -0.15) is 0 Å². The number of methoxy groups -OCH3 is 1. The summed E-state index contributed by atoms with van der Waals surface area (Å²) in [5.41, 5.74) is 1.48. The molecule has 0 atom stereocenters. The van der Waals surface area contributed by atoms with E-state index in [1.165, 1.54) is 0 Å². The minimum atomic E-state index is -1.19. The fourth-order valence-electron chi connectivity index (χ4n) is 3.17. The van der Waals surface area contributed by atoms with Gasteiger partial charge in [-0.05, 0) is 50.5 Å². The highest BCUT2D eigenvalue weighted by molar-refractivity contribution is 6.15. The van der Waals surface area contributed by atoms with Crippen molar-refractivity contribution in [3.8, 4) is 5.75 Å². The Hall–Kier alpha value is -2.82. The van der Waals surface area contributed by atoms with Gasteiger partial charge >= 0.3 is 0 Å². The van der Waals surface area contributed by atoms with Gasteiger partial charge in [-0.25, -0.2) is 0 Å². The Balaban J connectivity index is 1.81. The van der Waals surface area contributed by atoms with Crippen molar-refractivity contribution in [2.45, 2.75) is 26.7 Å². The third kappa shape index (κ3) is 3.43. The molecule has 1 aliphatic rings. The van der Waals surface area contributed by atoms with E-state index in [4.69, 9.17) is 4.74 Å². The molecule has 26 heavy (non-hydrogen) atoms. The van der Waals surface area contributed by atoms with Crippen LogP contribution in [0.5, 0.6) is 5.75 Å². The Labute approximate surface area is 154 Å². The Bertz CT molecular complexity index is 830. The largest absolute Gasteiger partial charge is 0.497 e. The average molecular weight is 352 g/mol. The highest BCUT2D eigenvalue weighted by atomic mass is 16.5. The summed E-state index contributed by atoms with van der Waals surface area (Å²) in [7, 11) is 1.57. The van der Waals surface area contributed by atoms with E-state index in [9.17, 15) is 9.59 Å². The lowest BCUT2D eigenvalue weighted by atomic mass is 9.88. The smallest absolute Gasteiger partial charge is 0.242 e. The molecule has 0 aliphatic carbocycles. The molecule has 0 spiro atoms. The molecule has 5 nitrogen and oxygen atoms in total. The molecular weight excluding hydrogens is 328 g/mol. The fourth-order valence-corrected chi connectivity index (χ4v) is 3.17. The number of rotatable bonds is 4. The van der Waals surface area contributed by atoms with Crippen molar-refractivity contribution in [3.63, 3.8) is 0 Å². The van der Waals surface area contributed by atoms with Crippen LogP contribution in [0.25, 0.3) is 0 Å². The Morgan fingerprint density at radius 1 is 1.12 bits per heavy atom. The van der Waals surface area contributed by atoms with Gasteiger partial charge in [0.1, 0.15) is 11.2 Å². The minimum absolute atomic E-state index is 0.190. The number of fused-ring (bicyclic) bond motifs is 1. The van der Waals surface area contributed by atoms with Gasteiger partial charge in [0.25, 0.3) is 0 Å². The van der Waals surface area contributed by atoms with E-state index in [1.807, 2.05) is 24.3 Å². The zero-order chi connectivity index (χ0) is 18.7. The van der Waals surface area contributed by atoms with Gasteiger partial charge in [-0.3, -0.25) is 9.59 Å². The number of nitrogens with zero attached hydrogens (tertiary/aromatic N) is 1. The summed E-state index contributed by atoms with van der Waals surface area (Å²) >= 11 is 0. The van der Waals surface area contributed by atoms with Crippen LogP contribution in [0.1, 0.15) is 25.8 Å². The monoisotopic (exact) mass is 352 g/mol. The SMILES string of the molecule is COc1cccc(NC(=O)C(C)(C)C(=O)N2CCCc3ccccc32)c1. The lowest BCUT2D eigenvalue weighted by Gasteiger charge is -2.35. The predicted octanol–water partition coefficient (Wildman–Crippen LogP) is 3.64. The number of amides is 2. The molecule has 2 aromatic carbocycles. The second kappa shape index (κ2) is 7.20. The van der Waals surface area contributed by atoms with Gasteiger partial charge < -0.3 is 15.0 Å². The van der Waals surface area contributed by atoms with Crippen molar-refractivity contribution in [2.75, 3.05) is 23.9 Å². The molecule has 0 bridgehead atoms. The number of aryl methyl sites for hydroxylation is 1. The molecule has 1 N–H and O–H groups in total.